The molecule has 26 heavy (non-hydrogen) atoms. The fourth-order valence-corrected chi connectivity index (χ4v) is 4.36. The molecule has 0 saturated carbocycles. The maximum absolute atomic E-state index is 10.2. The van der Waals surface area contributed by atoms with E-state index in [0.717, 1.165) is 43.9 Å². The molecule has 0 spiro atoms. The van der Waals surface area contributed by atoms with Crippen molar-refractivity contribution in [2.75, 3.05) is 32.9 Å². The summed E-state index contributed by atoms with van der Waals surface area (Å²) in [6, 6.07) is 16.3. The van der Waals surface area contributed by atoms with Gasteiger partial charge in [-0.15, -0.1) is 0 Å². The lowest BCUT2D eigenvalue weighted by molar-refractivity contribution is 0.0733. The van der Waals surface area contributed by atoms with E-state index in [1.54, 1.807) is 0 Å². The Morgan fingerprint density at radius 2 is 1.85 bits per heavy atom. The summed E-state index contributed by atoms with van der Waals surface area (Å²) in [6.07, 6.45) is 3.30. The molecule has 1 aliphatic heterocycles. The van der Waals surface area contributed by atoms with E-state index < -0.39 is 0 Å². The zero-order valence-corrected chi connectivity index (χ0v) is 15.1. The number of hydrogen-bond donors (Lipinski definition) is 1. The van der Waals surface area contributed by atoms with Gasteiger partial charge in [0.15, 0.2) is 0 Å². The maximum atomic E-state index is 10.2. The molecular weight excluding hydrogens is 326 g/mol. The van der Waals surface area contributed by atoms with Gasteiger partial charge in [0.2, 0.25) is 0 Å². The molecule has 0 bridgehead atoms. The fourth-order valence-electron chi connectivity index (χ4n) is 4.36. The van der Waals surface area contributed by atoms with Crippen molar-refractivity contribution in [2.24, 2.45) is 5.92 Å². The summed E-state index contributed by atoms with van der Waals surface area (Å²) in [5, 5.41) is 10.2. The van der Waals surface area contributed by atoms with Gasteiger partial charge in [0.05, 0.1) is 13.2 Å². The average Bonchev–Trinajstić information content (AvgIpc) is 3.06. The van der Waals surface area contributed by atoms with Crippen LogP contribution < -0.4 is 4.74 Å². The Hall–Kier alpha value is -2.04. The molecule has 138 valence electrons. The third-order valence-corrected chi connectivity index (χ3v) is 5.71. The van der Waals surface area contributed by atoms with Gasteiger partial charge < -0.3 is 14.6 Å². The van der Waals surface area contributed by atoms with E-state index in [0.29, 0.717) is 30.9 Å². The van der Waals surface area contributed by atoms with Crippen LogP contribution in [0.2, 0.25) is 0 Å². The number of likely N-dealkylation sites (tertiary alicyclic amines) is 1. The zero-order chi connectivity index (χ0) is 17.8. The number of hydrogen-bond acceptors (Lipinski definition) is 4. The lowest BCUT2D eigenvalue weighted by Crippen LogP contribution is -2.39. The minimum atomic E-state index is 0.460. The number of fused-ring (bicyclic) bond motifs is 2. The number of para-hydroxylation sites is 1. The van der Waals surface area contributed by atoms with Gasteiger partial charge in [-0.05, 0) is 61.1 Å². The SMILES string of the molecule is Oc1cccc2c1C[C@H]1[C@@H](CCN1CCOCCOc1ccccc1)C2. The van der Waals surface area contributed by atoms with Crippen molar-refractivity contribution in [3.63, 3.8) is 0 Å². The molecular formula is C22H27NO3. The number of benzene rings is 2. The summed E-state index contributed by atoms with van der Waals surface area (Å²) in [4.78, 5) is 2.54. The fraction of sp³-hybridized carbons (Fsp3) is 0.455. The highest BCUT2D eigenvalue weighted by Gasteiger charge is 2.38. The van der Waals surface area contributed by atoms with Crippen LogP contribution >= 0.6 is 0 Å². The van der Waals surface area contributed by atoms with Crippen molar-refractivity contribution in [3.05, 3.63) is 59.7 Å². The minimum Gasteiger partial charge on any atom is -0.508 e. The summed E-state index contributed by atoms with van der Waals surface area (Å²) in [6.45, 7) is 4.01. The summed E-state index contributed by atoms with van der Waals surface area (Å²) in [5.41, 5.74) is 2.49. The normalized spacial score (nSPS) is 22.0. The first-order valence-corrected chi connectivity index (χ1v) is 9.60. The molecule has 1 N–H and O–H groups in total. The Balaban J connectivity index is 1.21. The predicted octanol–water partition coefficient (Wildman–Crippen LogP) is 3.28. The van der Waals surface area contributed by atoms with Gasteiger partial charge in [-0.1, -0.05) is 30.3 Å². The Morgan fingerprint density at radius 1 is 0.962 bits per heavy atom. The Labute approximate surface area is 155 Å². The van der Waals surface area contributed by atoms with Crippen LogP contribution in [0.25, 0.3) is 0 Å². The number of phenols is 1. The van der Waals surface area contributed by atoms with Gasteiger partial charge in [0.1, 0.15) is 18.1 Å². The van der Waals surface area contributed by atoms with Crippen molar-refractivity contribution in [1.82, 2.24) is 4.90 Å². The molecule has 1 heterocycles. The molecule has 0 aromatic heterocycles. The van der Waals surface area contributed by atoms with E-state index in [-0.39, 0.29) is 0 Å². The van der Waals surface area contributed by atoms with Crippen molar-refractivity contribution < 1.29 is 14.6 Å². The molecule has 1 fully saturated rings. The van der Waals surface area contributed by atoms with Crippen molar-refractivity contribution in [3.8, 4) is 11.5 Å². The summed E-state index contributed by atoms with van der Waals surface area (Å²) in [5.74, 6) is 2.06. The second-order valence-corrected chi connectivity index (χ2v) is 7.25. The van der Waals surface area contributed by atoms with Crippen LogP contribution in [0.4, 0.5) is 0 Å². The second kappa shape index (κ2) is 8.11. The molecule has 2 atom stereocenters. The molecule has 0 unspecified atom stereocenters. The molecule has 1 saturated heterocycles. The van der Waals surface area contributed by atoms with Gasteiger partial charge in [-0.3, -0.25) is 4.90 Å². The molecule has 4 nitrogen and oxygen atoms in total. The number of phenolic OH excluding ortho intramolecular Hbond substituents is 1. The average molecular weight is 353 g/mol. The van der Waals surface area contributed by atoms with Crippen LogP contribution in [0.1, 0.15) is 17.5 Å². The molecule has 2 aliphatic rings. The highest BCUT2D eigenvalue weighted by Crippen LogP contribution is 2.38. The van der Waals surface area contributed by atoms with Gasteiger partial charge in [0, 0.05) is 12.6 Å². The van der Waals surface area contributed by atoms with E-state index in [2.05, 4.69) is 11.0 Å². The highest BCUT2D eigenvalue weighted by molar-refractivity contribution is 5.42. The number of rotatable bonds is 7. The van der Waals surface area contributed by atoms with Crippen molar-refractivity contribution in [1.29, 1.82) is 0 Å². The van der Waals surface area contributed by atoms with E-state index in [9.17, 15) is 5.11 Å². The lowest BCUT2D eigenvalue weighted by Gasteiger charge is -2.33. The number of aromatic hydroxyl groups is 1. The van der Waals surface area contributed by atoms with Crippen LogP contribution in [0.3, 0.4) is 0 Å². The molecule has 4 heteroatoms. The lowest BCUT2D eigenvalue weighted by atomic mass is 9.80. The summed E-state index contributed by atoms with van der Waals surface area (Å²) >= 11 is 0. The van der Waals surface area contributed by atoms with Gasteiger partial charge in [-0.2, -0.15) is 0 Å². The molecule has 0 radical (unpaired) electrons. The first-order chi connectivity index (χ1) is 12.8. The first-order valence-electron chi connectivity index (χ1n) is 9.60. The van der Waals surface area contributed by atoms with E-state index in [4.69, 9.17) is 9.47 Å². The third kappa shape index (κ3) is 3.87. The zero-order valence-electron chi connectivity index (χ0n) is 15.1. The maximum Gasteiger partial charge on any atom is 0.119 e. The van der Waals surface area contributed by atoms with Crippen LogP contribution in [0, 0.1) is 5.92 Å². The Bertz CT molecular complexity index is 719. The monoisotopic (exact) mass is 353 g/mol. The van der Waals surface area contributed by atoms with E-state index in [1.165, 1.54) is 12.0 Å². The molecule has 1 aliphatic carbocycles. The quantitative estimate of drug-likeness (QED) is 0.776. The Morgan fingerprint density at radius 3 is 2.73 bits per heavy atom. The van der Waals surface area contributed by atoms with Gasteiger partial charge >= 0.3 is 0 Å². The second-order valence-electron chi connectivity index (χ2n) is 7.25. The summed E-state index contributed by atoms with van der Waals surface area (Å²) < 4.78 is 11.4. The van der Waals surface area contributed by atoms with E-state index >= 15 is 0 Å². The largest absolute Gasteiger partial charge is 0.508 e. The summed E-state index contributed by atoms with van der Waals surface area (Å²) in [7, 11) is 0. The van der Waals surface area contributed by atoms with Crippen LogP contribution in [0.5, 0.6) is 11.5 Å². The molecule has 2 aromatic carbocycles. The van der Waals surface area contributed by atoms with Crippen molar-refractivity contribution in [2.45, 2.75) is 25.3 Å². The predicted molar refractivity (Wildman–Crippen MR) is 102 cm³/mol. The van der Waals surface area contributed by atoms with Crippen LogP contribution in [-0.2, 0) is 17.6 Å². The topological polar surface area (TPSA) is 41.9 Å². The third-order valence-electron chi connectivity index (χ3n) is 5.71. The molecule has 0 amide bonds. The number of nitrogens with zero attached hydrogens (tertiary/aromatic N) is 1. The highest BCUT2D eigenvalue weighted by atomic mass is 16.5. The molecule has 2 aromatic rings. The first kappa shape index (κ1) is 17.4. The molecule has 4 rings (SSSR count). The van der Waals surface area contributed by atoms with Crippen LogP contribution in [-0.4, -0.2) is 49.0 Å². The van der Waals surface area contributed by atoms with Gasteiger partial charge in [0.25, 0.3) is 0 Å². The van der Waals surface area contributed by atoms with Crippen molar-refractivity contribution >= 4 is 0 Å². The minimum absolute atomic E-state index is 0.460. The van der Waals surface area contributed by atoms with Gasteiger partial charge in [-0.25, -0.2) is 0 Å². The van der Waals surface area contributed by atoms with Crippen LogP contribution in [0.15, 0.2) is 48.5 Å². The smallest absolute Gasteiger partial charge is 0.119 e. The number of ether oxygens (including phenoxy) is 2. The van der Waals surface area contributed by atoms with E-state index in [1.807, 2.05) is 42.5 Å². The standard InChI is InChI=1S/C22H27NO3/c24-22-8-4-5-17-15-18-9-10-23(21(18)16-20(17)22)11-12-25-13-14-26-19-6-2-1-3-7-19/h1-8,18,21,24H,9-16H2/t18-,21-/m0/s1. The Kier molecular flexibility index (Phi) is 5.42.